The first-order chi connectivity index (χ1) is 13.1. The Hall–Kier alpha value is -2.08. The lowest BCUT2D eigenvalue weighted by atomic mass is 9.98. The molecule has 1 N–H and O–H groups in total. The summed E-state index contributed by atoms with van der Waals surface area (Å²) in [6, 6.07) is 7.88. The van der Waals surface area contributed by atoms with Gasteiger partial charge in [-0.15, -0.1) is 0 Å². The first-order valence-corrected chi connectivity index (χ1v) is 10.1. The van der Waals surface area contributed by atoms with Crippen LogP contribution in [-0.2, 0) is 16.0 Å². The van der Waals surface area contributed by atoms with Crippen molar-refractivity contribution in [2.24, 2.45) is 5.92 Å². The van der Waals surface area contributed by atoms with Crippen molar-refractivity contribution in [2.75, 3.05) is 39.3 Å². The van der Waals surface area contributed by atoms with Gasteiger partial charge >= 0.3 is 0 Å². The van der Waals surface area contributed by atoms with Crippen LogP contribution in [0.3, 0.4) is 0 Å². The number of carbonyl (C=O) groups excluding carboxylic acids is 2. The van der Waals surface area contributed by atoms with Crippen LogP contribution in [0.4, 0.5) is 0 Å². The highest BCUT2D eigenvalue weighted by Gasteiger charge is 2.31. The van der Waals surface area contributed by atoms with E-state index in [1.165, 1.54) is 5.56 Å². The van der Waals surface area contributed by atoms with Crippen LogP contribution in [0.5, 0.6) is 5.75 Å². The topological polar surface area (TPSA) is 61.9 Å². The summed E-state index contributed by atoms with van der Waals surface area (Å²) < 4.78 is 5.82. The third-order valence-corrected chi connectivity index (χ3v) is 5.54. The predicted molar refractivity (Wildman–Crippen MR) is 105 cm³/mol. The van der Waals surface area contributed by atoms with Crippen LogP contribution in [0.1, 0.15) is 32.3 Å². The van der Waals surface area contributed by atoms with Crippen molar-refractivity contribution in [3.05, 3.63) is 29.8 Å². The number of hydrogen-bond donors (Lipinski definition) is 1. The molecule has 0 radical (unpaired) electrons. The summed E-state index contributed by atoms with van der Waals surface area (Å²) in [7, 11) is 0. The van der Waals surface area contributed by atoms with E-state index in [0.717, 1.165) is 32.4 Å². The highest BCUT2D eigenvalue weighted by Crippen LogP contribution is 2.17. The molecule has 27 heavy (non-hydrogen) atoms. The summed E-state index contributed by atoms with van der Waals surface area (Å²) in [6.07, 6.45) is 2.48. The monoisotopic (exact) mass is 373 g/mol. The van der Waals surface area contributed by atoms with Gasteiger partial charge in [0.1, 0.15) is 5.75 Å². The van der Waals surface area contributed by atoms with E-state index in [2.05, 4.69) is 12.2 Å². The van der Waals surface area contributed by atoms with Crippen LogP contribution in [0.15, 0.2) is 24.3 Å². The van der Waals surface area contributed by atoms with Crippen molar-refractivity contribution in [3.63, 3.8) is 0 Å². The van der Waals surface area contributed by atoms with E-state index in [0.29, 0.717) is 31.9 Å². The second kappa shape index (κ2) is 9.22. The number of piperazine rings is 1. The van der Waals surface area contributed by atoms with Gasteiger partial charge in [0.25, 0.3) is 5.91 Å². The number of carbonyl (C=O) groups is 2. The van der Waals surface area contributed by atoms with Crippen LogP contribution in [-0.4, -0.2) is 67.0 Å². The summed E-state index contributed by atoms with van der Waals surface area (Å²) in [5, 5.41) is 3.30. The standard InChI is InChI=1S/C21H31N3O3/c1-3-17-6-8-19(9-7-17)27-16(2)20(25)23-11-13-24(14-12-23)21(26)18-5-4-10-22-15-18/h6-9,16,18,22H,3-5,10-15H2,1-2H3. The number of nitrogens with zero attached hydrogens (tertiary/aromatic N) is 2. The van der Waals surface area contributed by atoms with E-state index in [1.807, 2.05) is 34.1 Å². The Morgan fingerprint density at radius 3 is 2.41 bits per heavy atom. The molecule has 2 saturated heterocycles. The first kappa shape index (κ1) is 19.7. The van der Waals surface area contributed by atoms with Gasteiger partial charge in [0.2, 0.25) is 5.91 Å². The Bertz CT molecular complexity index is 633. The van der Waals surface area contributed by atoms with Crippen molar-refractivity contribution < 1.29 is 14.3 Å². The minimum absolute atomic E-state index is 0.0130. The fourth-order valence-corrected chi connectivity index (χ4v) is 3.78. The van der Waals surface area contributed by atoms with Crippen molar-refractivity contribution in [1.82, 2.24) is 15.1 Å². The first-order valence-electron chi connectivity index (χ1n) is 10.1. The number of rotatable bonds is 5. The van der Waals surface area contributed by atoms with E-state index in [-0.39, 0.29) is 17.7 Å². The summed E-state index contributed by atoms with van der Waals surface area (Å²) in [5.74, 6) is 1.02. The average Bonchev–Trinajstić information content (AvgIpc) is 2.74. The fourth-order valence-electron chi connectivity index (χ4n) is 3.78. The molecule has 2 unspecified atom stereocenters. The molecule has 2 aliphatic rings. The van der Waals surface area contributed by atoms with Gasteiger partial charge < -0.3 is 19.9 Å². The maximum atomic E-state index is 12.7. The van der Waals surface area contributed by atoms with Crippen LogP contribution < -0.4 is 10.1 Å². The Labute approximate surface area is 161 Å². The molecular weight excluding hydrogens is 342 g/mol. The zero-order chi connectivity index (χ0) is 19.2. The Morgan fingerprint density at radius 1 is 1.15 bits per heavy atom. The number of piperidine rings is 1. The predicted octanol–water partition coefficient (Wildman–Crippen LogP) is 1.69. The third-order valence-electron chi connectivity index (χ3n) is 5.54. The smallest absolute Gasteiger partial charge is 0.263 e. The molecule has 2 fully saturated rings. The molecule has 1 aromatic carbocycles. The lowest BCUT2D eigenvalue weighted by Gasteiger charge is -2.38. The second-order valence-corrected chi connectivity index (χ2v) is 7.45. The van der Waals surface area contributed by atoms with Gasteiger partial charge in [-0.1, -0.05) is 19.1 Å². The number of aryl methyl sites for hydroxylation is 1. The Kier molecular flexibility index (Phi) is 6.72. The lowest BCUT2D eigenvalue weighted by Crippen LogP contribution is -2.55. The molecule has 0 aromatic heterocycles. The van der Waals surface area contributed by atoms with Crippen molar-refractivity contribution >= 4 is 11.8 Å². The van der Waals surface area contributed by atoms with Crippen molar-refractivity contribution in [3.8, 4) is 5.75 Å². The average molecular weight is 373 g/mol. The zero-order valence-electron chi connectivity index (χ0n) is 16.4. The largest absolute Gasteiger partial charge is 0.481 e. The van der Waals surface area contributed by atoms with E-state index in [4.69, 9.17) is 4.74 Å². The third kappa shape index (κ3) is 5.01. The minimum atomic E-state index is -0.526. The molecule has 0 spiro atoms. The molecule has 2 aliphatic heterocycles. The molecule has 0 aliphatic carbocycles. The fraction of sp³-hybridized carbons (Fsp3) is 0.619. The van der Waals surface area contributed by atoms with Gasteiger partial charge in [0.15, 0.2) is 6.10 Å². The van der Waals surface area contributed by atoms with Gasteiger partial charge in [-0.05, 0) is 50.4 Å². The van der Waals surface area contributed by atoms with E-state index in [9.17, 15) is 9.59 Å². The molecule has 2 atom stereocenters. The zero-order valence-corrected chi connectivity index (χ0v) is 16.4. The highest BCUT2D eigenvalue weighted by atomic mass is 16.5. The van der Waals surface area contributed by atoms with Gasteiger partial charge in [0.05, 0.1) is 5.92 Å². The molecular formula is C21H31N3O3. The second-order valence-electron chi connectivity index (χ2n) is 7.45. The van der Waals surface area contributed by atoms with Gasteiger partial charge in [-0.25, -0.2) is 0 Å². The molecule has 6 nitrogen and oxygen atoms in total. The van der Waals surface area contributed by atoms with Crippen molar-refractivity contribution in [2.45, 2.75) is 39.2 Å². The SMILES string of the molecule is CCc1ccc(OC(C)C(=O)N2CCN(C(=O)C3CCCNC3)CC2)cc1. The van der Waals surface area contributed by atoms with Crippen LogP contribution in [0.25, 0.3) is 0 Å². The number of nitrogens with one attached hydrogen (secondary N) is 1. The van der Waals surface area contributed by atoms with Gasteiger partial charge in [0, 0.05) is 32.7 Å². The summed E-state index contributed by atoms with van der Waals surface area (Å²) >= 11 is 0. The Morgan fingerprint density at radius 2 is 1.81 bits per heavy atom. The molecule has 1 aromatic rings. The number of benzene rings is 1. The molecule has 2 amide bonds. The number of ether oxygens (including phenoxy) is 1. The van der Waals surface area contributed by atoms with Crippen LogP contribution >= 0.6 is 0 Å². The van der Waals surface area contributed by atoms with E-state index < -0.39 is 6.10 Å². The molecule has 2 heterocycles. The number of amides is 2. The highest BCUT2D eigenvalue weighted by molar-refractivity contribution is 5.82. The maximum Gasteiger partial charge on any atom is 0.263 e. The van der Waals surface area contributed by atoms with E-state index in [1.54, 1.807) is 6.92 Å². The summed E-state index contributed by atoms with van der Waals surface area (Å²) in [5.41, 5.74) is 1.25. The summed E-state index contributed by atoms with van der Waals surface area (Å²) in [4.78, 5) is 29.0. The molecule has 3 rings (SSSR count). The van der Waals surface area contributed by atoms with E-state index >= 15 is 0 Å². The van der Waals surface area contributed by atoms with Crippen LogP contribution in [0, 0.1) is 5.92 Å². The normalized spacial score (nSPS) is 21.6. The molecule has 0 saturated carbocycles. The lowest BCUT2D eigenvalue weighted by molar-refractivity contribution is -0.145. The molecule has 6 heteroatoms. The quantitative estimate of drug-likeness (QED) is 0.853. The molecule has 148 valence electrons. The minimum Gasteiger partial charge on any atom is -0.481 e. The van der Waals surface area contributed by atoms with Crippen LogP contribution in [0.2, 0.25) is 0 Å². The van der Waals surface area contributed by atoms with Crippen molar-refractivity contribution in [1.29, 1.82) is 0 Å². The van der Waals surface area contributed by atoms with Gasteiger partial charge in [-0.3, -0.25) is 9.59 Å². The molecule has 0 bridgehead atoms. The Balaban J connectivity index is 1.47. The maximum absolute atomic E-state index is 12.7. The van der Waals surface area contributed by atoms with Gasteiger partial charge in [-0.2, -0.15) is 0 Å². The summed E-state index contributed by atoms with van der Waals surface area (Å²) in [6.45, 7) is 8.06. The number of hydrogen-bond acceptors (Lipinski definition) is 4.